The summed E-state index contributed by atoms with van der Waals surface area (Å²) in [6.07, 6.45) is 0. The Morgan fingerprint density at radius 1 is 0.327 bits per heavy atom. The molecule has 0 saturated carbocycles. The van der Waals surface area contributed by atoms with Crippen molar-refractivity contribution in [2.75, 3.05) is 0 Å². The molecule has 8 nitrogen and oxygen atoms in total. The van der Waals surface area contributed by atoms with Gasteiger partial charge in [-0.05, 0) is 98.8 Å². The maximum Gasteiger partial charge on any atom is 0.231 e. The number of ether oxygens (including phenoxy) is 4. The van der Waals surface area contributed by atoms with E-state index in [9.17, 15) is 0 Å². The molecule has 8 rings (SSSR count). The van der Waals surface area contributed by atoms with E-state index in [1.807, 2.05) is 182 Å². The molecule has 0 aliphatic rings. The summed E-state index contributed by atoms with van der Waals surface area (Å²) in [6, 6.07) is 57.6. The van der Waals surface area contributed by atoms with Gasteiger partial charge < -0.3 is 18.9 Å². The number of nitrogens with zero attached hydrogens (tertiary/aromatic N) is 4. The first-order valence-electron chi connectivity index (χ1n) is 17.9. The number of hydrogen-bond acceptors (Lipinski definition) is 8. The molecule has 0 aliphatic carbocycles. The molecular formula is C47H36N4O4. The minimum Gasteiger partial charge on any atom is -0.439 e. The molecule has 4 aromatic carbocycles. The van der Waals surface area contributed by atoms with E-state index in [4.69, 9.17) is 38.9 Å². The van der Waals surface area contributed by atoms with Crippen molar-refractivity contribution >= 4 is 0 Å². The van der Waals surface area contributed by atoms with E-state index in [1.165, 1.54) is 0 Å². The Morgan fingerprint density at radius 2 is 0.673 bits per heavy atom. The highest BCUT2D eigenvalue weighted by Gasteiger charge is 2.28. The maximum atomic E-state index is 6.34. The highest BCUT2D eigenvalue weighted by Crippen LogP contribution is 2.38. The van der Waals surface area contributed by atoms with Crippen LogP contribution in [0.2, 0.25) is 0 Å². The molecule has 4 heterocycles. The van der Waals surface area contributed by atoms with Crippen LogP contribution in [0.1, 0.15) is 25.2 Å². The third kappa shape index (κ3) is 8.19. The molecule has 0 bridgehead atoms. The Labute approximate surface area is 319 Å². The third-order valence-corrected chi connectivity index (χ3v) is 8.85. The monoisotopic (exact) mass is 720 g/mol. The smallest absolute Gasteiger partial charge is 0.231 e. The molecular weight excluding hydrogens is 685 g/mol. The van der Waals surface area contributed by atoms with Crippen LogP contribution in [0.5, 0.6) is 46.5 Å². The lowest BCUT2D eigenvalue weighted by Gasteiger charge is -2.25. The summed E-state index contributed by atoms with van der Waals surface area (Å²) in [5.74, 6) is 4.21. The van der Waals surface area contributed by atoms with Crippen molar-refractivity contribution in [3.63, 3.8) is 0 Å². The predicted molar refractivity (Wildman–Crippen MR) is 213 cm³/mol. The molecule has 268 valence electrons. The minimum atomic E-state index is -0.611. The van der Waals surface area contributed by atoms with Crippen molar-refractivity contribution in [2.24, 2.45) is 0 Å². The standard InChI is InChI=1S/C47H36N4O4/c1-47(2,41-27-15-25-39(48-41)37-29-31-43(52-33-17-7-3-8-18-33)50-45(37)54-35-21-11-5-12-22-35)42-28-16-26-40(49-42)38-30-32-44(53-34-19-9-4-10-20-34)51-46(38)55-36-23-13-6-14-24-36/h3-32H,1-2H3. The van der Waals surface area contributed by atoms with Crippen LogP contribution in [0.4, 0.5) is 0 Å². The van der Waals surface area contributed by atoms with Gasteiger partial charge >= 0.3 is 0 Å². The van der Waals surface area contributed by atoms with Gasteiger partial charge in [-0.3, -0.25) is 9.97 Å². The van der Waals surface area contributed by atoms with Crippen LogP contribution in [0, 0.1) is 0 Å². The molecule has 0 amide bonds. The highest BCUT2D eigenvalue weighted by atomic mass is 16.5. The molecule has 0 N–H and O–H groups in total. The lowest BCUT2D eigenvalue weighted by Crippen LogP contribution is -2.22. The second-order valence-corrected chi connectivity index (χ2v) is 13.1. The van der Waals surface area contributed by atoms with Gasteiger partial charge in [0, 0.05) is 17.5 Å². The van der Waals surface area contributed by atoms with Crippen molar-refractivity contribution in [3.8, 4) is 69.0 Å². The van der Waals surface area contributed by atoms with E-state index in [2.05, 4.69) is 13.8 Å². The Bertz CT molecular complexity index is 2340. The number of pyridine rings is 4. The Hall–Kier alpha value is -7.32. The number of rotatable bonds is 12. The van der Waals surface area contributed by atoms with Crippen molar-refractivity contribution in [1.29, 1.82) is 0 Å². The molecule has 0 radical (unpaired) electrons. The van der Waals surface area contributed by atoms with E-state index in [1.54, 1.807) is 0 Å². The maximum absolute atomic E-state index is 6.34. The summed E-state index contributed by atoms with van der Waals surface area (Å²) in [4.78, 5) is 19.9. The van der Waals surface area contributed by atoms with Gasteiger partial charge in [-0.1, -0.05) is 84.9 Å². The molecule has 8 heteroatoms. The van der Waals surface area contributed by atoms with Crippen molar-refractivity contribution in [1.82, 2.24) is 19.9 Å². The van der Waals surface area contributed by atoms with Crippen molar-refractivity contribution < 1.29 is 18.9 Å². The molecule has 0 spiro atoms. The van der Waals surface area contributed by atoms with E-state index in [-0.39, 0.29) is 0 Å². The molecule has 0 atom stereocenters. The number of hydrogen-bond donors (Lipinski definition) is 0. The molecule has 55 heavy (non-hydrogen) atoms. The van der Waals surface area contributed by atoms with Gasteiger partial charge in [0.25, 0.3) is 0 Å². The van der Waals surface area contributed by atoms with E-state index >= 15 is 0 Å². The summed E-state index contributed by atoms with van der Waals surface area (Å²) in [5, 5.41) is 0. The zero-order valence-corrected chi connectivity index (χ0v) is 30.2. The lowest BCUT2D eigenvalue weighted by molar-refractivity contribution is 0.427. The fourth-order valence-electron chi connectivity index (χ4n) is 5.92. The van der Waals surface area contributed by atoms with Crippen LogP contribution in [0.15, 0.2) is 182 Å². The first kappa shape index (κ1) is 34.7. The summed E-state index contributed by atoms with van der Waals surface area (Å²) in [6.45, 7) is 4.22. The molecule has 4 aromatic heterocycles. The van der Waals surface area contributed by atoms with Gasteiger partial charge in [0.1, 0.15) is 23.0 Å². The summed E-state index contributed by atoms with van der Waals surface area (Å²) in [5.41, 5.74) is 3.85. The average Bonchev–Trinajstić information content (AvgIpc) is 3.23. The molecule has 0 saturated heterocycles. The van der Waals surface area contributed by atoms with Crippen LogP contribution >= 0.6 is 0 Å². The van der Waals surface area contributed by atoms with E-state index in [0.717, 1.165) is 22.5 Å². The van der Waals surface area contributed by atoms with Gasteiger partial charge in [0.15, 0.2) is 0 Å². The lowest BCUT2D eigenvalue weighted by atomic mass is 9.84. The fourth-order valence-corrected chi connectivity index (χ4v) is 5.92. The van der Waals surface area contributed by atoms with Gasteiger partial charge in [0.05, 0.1) is 33.9 Å². The molecule has 8 aromatic rings. The molecule has 0 unspecified atom stereocenters. The topological polar surface area (TPSA) is 88.5 Å². The van der Waals surface area contributed by atoms with Crippen LogP contribution < -0.4 is 18.9 Å². The van der Waals surface area contributed by atoms with Crippen LogP contribution in [-0.2, 0) is 5.41 Å². The minimum absolute atomic E-state index is 0.375. The first-order chi connectivity index (χ1) is 27.0. The number of para-hydroxylation sites is 4. The Kier molecular flexibility index (Phi) is 9.94. The van der Waals surface area contributed by atoms with E-state index < -0.39 is 5.41 Å². The second kappa shape index (κ2) is 15.7. The third-order valence-electron chi connectivity index (χ3n) is 8.85. The summed E-state index contributed by atoms with van der Waals surface area (Å²) in [7, 11) is 0. The average molecular weight is 721 g/mol. The van der Waals surface area contributed by atoms with E-state index in [0.29, 0.717) is 57.9 Å². The van der Waals surface area contributed by atoms with Gasteiger partial charge in [-0.25, -0.2) is 0 Å². The van der Waals surface area contributed by atoms with Crippen LogP contribution in [0.25, 0.3) is 22.5 Å². The molecule has 0 aliphatic heterocycles. The fraction of sp³-hybridized carbons (Fsp3) is 0.0638. The SMILES string of the molecule is CC(C)(c1cccc(-c2ccc(Oc3ccccc3)nc2Oc2ccccc2)n1)c1cccc(-c2ccc(Oc3ccccc3)nc2Oc2ccccc2)n1. The predicted octanol–water partition coefficient (Wildman–Crippen LogP) is 12.1. The number of aromatic nitrogens is 4. The Morgan fingerprint density at radius 3 is 1.04 bits per heavy atom. The van der Waals surface area contributed by atoms with Gasteiger partial charge in [-0.2, -0.15) is 9.97 Å². The van der Waals surface area contributed by atoms with Crippen molar-refractivity contribution in [2.45, 2.75) is 19.3 Å². The van der Waals surface area contributed by atoms with Crippen LogP contribution in [-0.4, -0.2) is 19.9 Å². The van der Waals surface area contributed by atoms with Gasteiger partial charge in [-0.15, -0.1) is 0 Å². The quantitative estimate of drug-likeness (QED) is 0.123. The largest absolute Gasteiger partial charge is 0.439 e. The Balaban J connectivity index is 1.13. The normalized spacial score (nSPS) is 11.1. The second-order valence-electron chi connectivity index (χ2n) is 13.1. The van der Waals surface area contributed by atoms with Crippen LogP contribution in [0.3, 0.4) is 0 Å². The van der Waals surface area contributed by atoms with Gasteiger partial charge in [0.2, 0.25) is 23.5 Å². The summed E-state index contributed by atoms with van der Waals surface area (Å²) < 4.78 is 24.8. The zero-order valence-electron chi connectivity index (χ0n) is 30.2. The molecule has 0 fully saturated rings. The number of benzene rings is 4. The summed E-state index contributed by atoms with van der Waals surface area (Å²) >= 11 is 0. The zero-order chi connectivity index (χ0) is 37.5. The highest BCUT2D eigenvalue weighted by molar-refractivity contribution is 5.68. The first-order valence-corrected chi connectivity index (χ1v) is 17.9. The van der Waals surface area contributed by atoms with Crippen molar-refractivity contribution in [3.05, 3.63) is 193 Å².